The van der Waals surface area contributed by atoms with Crippen molar-refractivity contribution in [3.8, 4) is 11.1 Å². The predicted molar refractivity (Wildman–Crippen MR) is 80.5 cm³/mol. The van der Waals surface area contributed by atoms with E-state index in [0.29, 0.717) is 11.8 Å². The zero-order valence-corrected chi connectivity index (χ0v) is 12.1. The minimum absolute atomic E-state index is 0.521. The van der Waals surface area contributed by atoms with E-state index in [1.54, 1.807) is 0 Å². The Morgan fingerprint density at radius 2 is 1.11 bits per heavy atom. The number of halogens is 2. The molecule has 2 rings (SSSR count). The monoisotopic (exact) mass is 278 g/mol. The summed E-state index contributed by atoms with van der Waals surface area (Å²) in [6.45, 7) is 4.24. The number of alkyl halides is 2. The van der Waals surface area contributed by atoms with Gasteiger partial charge in [0, 0.05) is 11.8 Å². The molecule has 2 heteroatoms. The van der Waals surface area contributed by atoms with E-state index in [9.17, 15) is 0 Å². The molecule has 94 valence electrons. The second kappa shape index (κ2) is 5.77. The van der Waals surface area contributed by atoms with Crippen molar-refractivity contribution < 1.29 is 0 Å². The van der Waals surface area contributed by atoms with E-state index in [0.717, 1.165) is 11.1 Å². The van der Waals surface area contributed by atoms with Crippen molar-refractivity contribution in [1.29, 1.82) is 0 Å². The first-order valence-electron chi connectivity index (χ1n) is 5.98. The largest absolute Gasteiger partial charge is 0.122 e. The van der Waals surface area contributed by atoms with Crippen LogP contribution < -0.4 is 0 Å². The van der Waals surface area contributed by atoms with Crippen LogP contribution in [-0.4, -0.2) is 0 Å². The quantitative estimate of drug-likeness (QED) is 0.655. The fourth-order valence-corrected chi connectivity index (χ4v) is 2.84. The SMILES string of the molecule is Cc1cccc(CCl)c1-c1c(C)cccc1CCl. The minimum atomic E-state index is 0.521. The van der Waals surface area contributed by atoms with Gasteiger partial charge in [0.2, 0.25) is 0 Å². The Morgan fingerprint density at radius 3 is 1.44 bits per heavy atom. The molecule has 0 amide bonds. The fourth-order valence-electron chi connectivity index (χ4n) is 2.40. The van der Waals surface area contributed by atoms with Crippen molar-refractivity contribution >= 4 is 23.2 Å². The van der Waals surface area contributed by atoms with Gasteiger partial charge in [-0.2, -0.15) is 0 Å². The lowest BCUT2D eigenvalue weighted by molar-refractivity contribution is 1.28. The Labute approximate surface area is 119 Å². The van der Waals surface area contributed by atoms with Gasteiger partial charge in [-0.3, -0.25) is 0 Å². The molecule has 2 aromatic carbocycles. The highest BCUT2D eigenvalue weighted by Gasteiger charge is 2.13. The molecular formula is C16H16Cl2. The molecule has 0 aliphatic heterocycles. The molecule has 0 radical (unpaired) electrons. The van der Waals surface area contributed by atoms with Crippen LogP contribution in [0.1, 0.15) is 22.3 Å². The van der Waals surface area contributed by atoms with Crippen LogP contribution in [0, 0.1) is 13.8 Å². The molecule has 0 unspecified atom stereocenters. The molecule has 0 aliphatic rings. The van der Waals surface area contributed by atoms with Gasteiger partial charge in [0.05, 0.1) is 0 Å². The number of hydrogen-bond acceptors (Lipinski definition) is 0. The van der Waals surface area contributed by atoms with Crippen LogP contribution in [0.5, 0.6) is 0 Å². The van der Waals surface area contributed by atoms with Gasteiger partial charge in [-0.05, 0) is 47.2 Å². The van der Waals surface area contributed by atoms with Crippen molar-refractivity contribution in [3.63, 3.8) is 0 Å². The first-order valence-corrected chi connectivity index (χ1v) is 7.05. The summed E-state index contributed by atoms with van der Waals surface area (Å²) in [4.78, 5) is 0. The van der Waals surface area contributed by atoms with Crippen LogP contribution >= 0.6 is 23.2 Å². The third-order valence-electron chi connectivity index (χ3n) is 3.26. The number of benzene rings is 2. The molecular weight excluding hydrogens is 263 g/mol. The molecule has 0 bridgehead atoms. The van der Waals surface area contributed by atoms with E-state index in [1.807, 2.05) is 0 Å². The number of aryl methyl sites for hydroxylation is 2. The predicted octanol–water partition coefficient (Wildman–Crippen LogP) is 5.45. The van der Waals surface area contributed by atoms with Crippen LogP contribution in [0.15, 0.2) is 36.4 Å². The maximum absolute atomic E-state index is 6.07. The van der Waals surface area contributed by atoms with Crippen molar-refractivity contribution in [2.24, 2.45) is 0 Å². The molecule has 0 aliphatic carbocycles. The van der Waals surface area contributed by atoms with E-state index in [4.69, 9.17) is 23.2 Å². The first-order chi connectivity index (χ1) is 8.69. The normalized spacial score (nSPS) is 10.7. The van der Waals surface area contributed by atoms with E-state index >= 15 is 0 Å². The summed E-state index contributed by atoms with van der Waals surface area (Å²) >= 11 is 12.1. The number of hydrogen-bond donors (Lipinski definition) is 0. The highest BCUT2D eigenvalue weighted by molar-refractivity contribution is 6.18. The van der Waals surface area contributed by atoms with Gasteiger partial charge in [0.1, 0.15) is 0 Å². The van der Waals surface area contributed by atoms with Gasteiger partial charge >= 0.3 is 0 Å². The molecule has 18 heavy (non-hydrogen) atoms. The Hall–Kier alpha value is -0.980. The van der Waals surface area contributed by atoms with E-state index in [-0.39, 0.29) is 0 Å². The molecule has 0 saturated carbocycles. The van der Waals surface area contributed by atoms with Gasteiger partial charge in [0.15, 0.2) is 0 Å². The third kappa shape index (κ3) is 2.41. The van der Waals surface area contributed by atoms with Crippen molar-refractivity contribution in [1.82, 2.24) is 0 Å². The first kappa shape index (κ1) is 13.5. The van der Waals surface area contributed by atoms with Crippen LogP contribution in [0.25, 0.3) is 11.1 Å². The maximum atomic E-state index is 6.07. The van der Waals surface area contributed by atoms with Crippen LogP contribution in [0.4, 0.5) is 0 Å². The zero-order chi connectivity index (χ0) is 13.1. The smallest absolute Gasteiger partial charge is 0.0480 e. The van der Waals surface area contributed by atoms with Crippen LogP contribution in [-0.2, 0) is 11.8 Å². The van der Waals surface area contributed by atoms with Crippen LogP contribution in [0.3, 0.4) is 0 Å². The molecule has 0 N–H and O–H groups in total. The highest BCUT2D eigenvalue weighted by Crippen LogP contribution is 2.34. The summed E-state index contributed by atoms with van der Waals surface area (Å²) in [5.41, 5.74) is 7.29. The van der Waals surface area contributed by atoms with Crippen molar-refractivity contribution in [2.75, 3.05) is 0 Å². The molecule has 2 aromatic rings. The van der Waals surface area contributed by atoms with Gasteiger partial charge < -0.3 is 0 Å². The second-order valence-electron chi connectivity index (χ2n) is 4.49. The summed E-state index contributed by atoms with van der Waals surface area (Å²) in [7, 11) is 0. The third-order valence-corrected chi connectivity index (χ3v) is 3.83. The van der Waals surface area contributed by atoms with Crippen LogP contribution in [0.2, 0.25) is 0 Å². The lowest BCUT2D eigenvalue weighted by atomic mass is 9.89. The summed E-state index contributed by atoms with van der Waals surface area (Å²) in [5, 5.41) is 0. The molecule has 0 atom stereocenters. The average Bonchev–Trinajstić information content (AvgIpc) is 2.38. The summed E-state index contributed by atoms with van der Waals surface area (Å²) < 4.78 is 0. The van der Waals surface area contributed by atoms with Gasteiger partial charge in [-0.1, -0.05) is 36.4 Å². The standard InChI is InChI=1S/C16H16Cl2/c1-11-5-3-7-13(9-17)15(11)16-12(2)6-4-8-14(16)10-18/h3-8H,9-10H2,1-2H3. The van der Waals surface area contributed by atoms with Gasteiger partial charge in [-0.15, -0.1) is 23.2 Å². The maximum Gasteiger partial charge on any atom is 0.0480 e. The minimum Gasteiger partial charge on any atom is -0.122 e. The van der Waals surface area contributed by atoms with E-state index in [1.165, 1.54) is 22.3 Å². The molecule has 0 fully saturated rings. The Kier molecular flexibility index (Phi) is 4.31. The molecule has 0 heterocycles. The Balaban J connectivity index is 2.76. The molecule has 0 saturated heterocycles. The number of rotatable bonds is 3. The van der Waals surface area contributed by atoms with Gasteiger partial charge in [0.25, 0.3) is 0 Å². The summed E-state index contributed by atoms with van der Waals surface area (Å²) in [6.07, 6.45) is 0. The lowest BCUT2D eigenvalue weighted by Crippen LogP contribution is -1.96. The molecule has 0 aromatic heterocycles. The zero-order valence-electron chi connectivity index (χ0n) is 10.6. The molecule has 0 spiro atoms. The average molecular weight is 279 g/mol. The topological polar surface area (TPSA) is 0 Å². The highest BCUT2D eigenvalue weighted by atomic mass is 35.5. The second-order valence-corrected chi connectivity index (χ2v) is 5.02. The van der Waals surface area contributed by atoms with Gasteiger partial charge in [-0.25, -0.2) is 0 Å². The summed E-state index contributed by atoms with van der Waals surface area (Å²) in [6, 6.07) is 12.5. The summed E-state index contributed by atoms with van der Waals surface area (Å²) in [5.74, 6) is 1.04. The van der Waals surface area contributed by atoms with Crippen molar-refractivity contribution in [2.45, 2.75) is 25.6 Å². The van der Waals surface area contributed by atoms with Crippen molar-refractivity contribution in [3.05, 3.63) is 58.7 Å². The Morgan fingerprint density at radius 1 is 0.722 bits per heavy atom. The molecule has 0 nitrogen and oxygen atoms in total. The lowest BCUT2D eigenvalue weighted by Gasteiger charge is -2.16. The van der Waals surface area contributed by atoms with E-state index in [2.05, 4.69) is 50.2 Å². The van der Waals surface area contributed by atoms with E-state index < -0.39 is 0 Å². The Bertz CT molecular complexity index is 508. The fraction of sp³-hybridized carbons (Fsp3) is 0.250.